The molecule has 0 saturated carbocycles. The summed E-state index contributed by atoms with van der Waals surface area (Å²) < 4.78 is 2.03. The summed E-state index contributed by atoms with van der Waals surface area (Å²) in [6.07, 6.45) is 0. The summed E-state index contributed by atoms with van der Waals surface area (Å²) in [5.74, 6) is 2.13. The lowest BCUT2D eigenvalue weighted by Crippen LogP contribution is -2.01. The molecule has 0 amide bonds. The molecule has 3 rings (SSSR count). The van der Waals surface area contributed by atoms with Gasteiger partial charge in [-0.25, -0.2) is 4.68 Å². The second-order valence-corrected chi connectivity index (χ2v) is 5.00. The molecule has 0 spiro atoms. The van der Waals surface area contributed by atoms with Crippen LogP contribution in [-0.4, -0.2) is 9.78 Å². The first-order chi connectivity index (χ1) is 7.75. The first-order valence-electron chi connectivity index (χ1n) is 5.27. The zero-order valence-electron chi connectivity index (χ0n) is 9.10. The topological polar surface area (TPSA) is 43.8 Å². The number of rotatable bonds is 1. The van der Waals surface area contributed by atoms with Crippen LogP contribution >= 0.6 is 11.8 Å². The molecular formula is C12H13N3S. The standard InChI is InChI=1S/C12H13N3S/c1-8-11-6-16-7-12(11)15(14-8)10-4-2-3-9(13)5-10/h2-5H,6-7,13H2,1H3. The van der Waals surface area contributed by atoms with Gasteiger partial charge in [0.2, 0.25) is 0 Å². The largest absolute Gasteiger partial charge is 0.399 e. The molecule has 0 saturated heterocycles. The van der Waals surface area contributed by atoms with Crippen LogP contribution < -0.4 is 5.73 Å². The predicted octanol–water partition coefficient (Wildman–Crippen LogP) is 2.51. The Morgan fingerprint density at radius 2 is 2.25 bits per heavy atom. The SMILES string of the molecule is Cc1nn(-c2cccc(N)c2)c2c1CSC2. The number of aromatic nitrogens is 2. The van der Waals surface area contributed by atoms with Crippen LogP contribution in [-0.2, 0) is 11.5 Å². The van der Waals surface area contributed by atoms with Crippen molar-refractivity contribution in [2.75, 3.05) is 5.73 Å². The average molecular weight is 231 g/mol. The first-order valence-corrected chi connectivity index (χ1v) is 6.42. The number of nitrogen functional groups attached to an aromatic ring is 1. The zero-order valence-corrected chi connectivity index (χ0v) is 9.92. The molecule has 0 bridgehead atoms. The van der Waals surface area contributed by atoms with Gasteiger partial charge in [-0.05, 0) is 25.1 Å². The van der Waals surface area contributed by atoms with Crippen molar-refractivity contribution in [2.45, 2.75) is 18.4 Å². The molecule has 0 radical (unpaired) electrons. The maximum atomic E-state index is 5.80. The van der Waals surface area contributed by atoms with Crippen LogP contribution in [0.15, 0.2) is 24.3 Å². The third kappa shape index (κ3) is 1.41. The molecule has 1 aliphatic heterocycles. The van der Waals surface area contributed by atoms with E-state index in [0.29, 0.717) is 0 Å². The van der Waals surface area contributed by atoms with Crippen LogP contribution in [0.25, 0.3) is 5.69 Å². The van der Waals surface area contributed by atoms with Gasteiger partial charge in [-0.2, -0.15) is 16.9 Å². The number of hydrogen-bond acceptors (Lipinski definition) is 3. The van der Waals surface area contributed by atoms with E-state index in [1.165, 1.54) is 11.3 Å². The molecule has 1 aromatic carbocycles. The van der Waals surface area contributed by atoms with E-state index in [9.17, 15) is 0 Å². The van der Waals surface area contributed by atoms with E-state index in [2.05, 4.69) is 12.0 Å². The van der Waals surface area contributed by atoms with E-state index in [1.807, 2.05) is 40.7 Å². The highest BCUT2D eigenvalue weighted by atomic mass is 32.2. The minimum atomic E-state index is 0.782. The summed E-state index contributed by atoms with van der Waals surface area (Å²) in [6, 6.07) is 7.88. The Balaban J connectivity index is 2.17. The first kappa shape index (κ1) is 9.78. The molecule has 2 heterocycles. The van der Waals surface area contributed by atoms with Crippen molar-refractivity contribution in [3.63, 3.8) is 0 Å². The molecule has 0 atom stereocenters. The third-order valence-corrected chi connectivity index (χ3v) is 3.86. The van der Waals surface area contributed by atoms with E-state index in [1.54, 1.807) is 0 Å². The van der Waals surface area contributed by atoms with Gasteiger partial charge < -0.3 is 5.73 Å². The average Bonchev–Trinajstić information content (AvgIpc) is 2.83. The number of anilines is 1. The van der Waals surface area contributed by atoms with Gasteiger partial charge in [-0.15, -0.1) is 0 Å². The smallest absolute Gasteiger partial charge is 0.0669 e. The Morgan fingerprint density at radius 1 is 1.38 bits per heavy atom. The Bertz CT molecular complexity index is 545. The monoisotopic (exact) mass is 231 g/mol. The Kier molecular flexibility index (Phi) is 2.17. The fourth-order valence-corrected chi connectivity index (χ4v) is 3.23. The maximum Gasteiger partial charge on any atom is 0.0669 e. The summed E-state index contributed by atoms with van der Waals surface area (Å²) >= 11 is 1.94. The lowest BCUT2D eigenvalue weighted by Gasteiger charge is -2.05. The van der Waals surface area contributed by atoms with Crippen molar-refractivity contribution < 1.29 is 0 Å². The Morgan fingerprint density at radius 3 is 3.06 bits per heavy atom. The van der Waals surface area contributed by atoms with Crippen LogP contribution in [0.1, 0.15) is 17.0 Å². The van der Waals surface area contributed by atoms with Gasteiger partial charge in [0.25, 0.3) is 0 Å². The summed E-state index contributed by atoms with van der Waals surface area (Å²) in [7, 11) is 0. The molecule has 0 aliphatic carbocycles. The summed E-state index contributed by atoms with van der Waals surface area (Å²) in [6.45, 7) is 2.08. The summed E-state index contributed by atoms with van der Waals surface area (Å²) in [5, 5.41) is 4.59. The van der Waals surface area contributed by atoms with Crippen LogP contribution in [0, 0.1) is 6.92 Å². The number of benzene rings is 1. The number of fused-ring (bicyclic) bond motifs is 1. The highest BCUT2D eigenvalue weighted by molar-refractivity contribution is 7.98. The molecule has 1 aromatic heterocycles. The fourth-order valence-electron chi connectivity index (χ4n) is 2.06. The predicted molar refractivity (Wildman–Crippen MR) is 67.7 cm³/mol. The van der Waals surface area contributed by atoms with Crippen molar-refractivity contribution in [2.24, 2.45) is 0 Å². The lowest BCUT2D eigenvalue weighted by atomic mass is 10.2. The molecule has 82 valence electrons. The Labute approximate surface area is 98.6 Å². The number of aryl methyl sites for hydroxylation is 1. The molecule has 1 aliphatic rings. The molecule has 0 fully saturated rings. The number of hydrogen-bond donors (Lipinski definition) is 1. The molecule has 0 unspecified atom stereocenters. The van der Waals surface area contributed by atoms with E-state index in [-0.39, 0.29) is 0 Å². The van der Waals surface area contributed by atoms with Crippen LogP contribution in [0.5, 0.6) is 0 Å². The number of nitrogens with zero attached hydrogens (tertiary/aromatic N) is 2. The van der Waals surface area contributed by atoms with Crippen molar-refractivity contribution in [3.05, 3.63) is 41.2 Å². The molecule has 2 N–H and O–H groups in total. The molecule has 16 heavy (non-hydrogen) atoms. The second kappa shape index (κ2) is 3.56. The molecule has 2 aromatic rings. The quantitative estimate of drug-likeness (QED) is 0.767. The van der Waals surface area contributed by atoms with E-state index in [0.717, 1.165) is 28.6 Å². The van der Waals surface area contributed by atoms with Crippen molar-refractivity contribution >= 4 is 17.4 Å². The lowest BCUT2D eigenvalue weighted by molar-refractivity contribution is 0.830. The molecular weight excluding hydrogens is 218 g/mol. The second-order valence-electron chi connectivity index (χ2n) is 4.01. The van der Waals surface area contributed by atoms with Crippen LogP contribution in [0.2, 0.25) is 0 Å². The van der Waals surface area contributed by atoms with Gasteiger partial charge in [0.15, 0.2) is 0 Å². The van der Waals surface area contributed by atoms with Crippen molar-refractivity contribution in [1.82, 2.24) is 9.78 Å². The highest BCUT2D eigenvalue weighted by Gasteiger charge is 2.21. The van der Waals surface area contributed by atoms with E-state index < -0.39 is 0 Å². The summed E-state index contributed by atoms with van der Waals surface area (Å²) in [4.78, 5) is 0. The van der Waals surface area contributed by atoms with Gasteiger partial charge >= 0.3 is 0 Å². The van der Waals surface area contributed by atoms with Gasteiger partial charge in [-0.1, -0.05) is 6.07 Å². The number of thioether (sulfide) groups is 1. The molecule has 3 nitrogen and oxygen atoms in total. The fraction of sp³-hybridized carbons (Fsp3) is 0.250. The molecule has 4 heteroatoms. The normalized spacial score (nSPS) is 14.1. The van der Waals surface area contributed by atoms with Crippen LogP contribution in [0.3, 0.4) is 0 Å². The minimum Gasteiger partial charge on any atom is -0.399 e. The zero-order chi connectivity index (χ0) is 11.1. The van der Waals surface area contributed by atoms with Gasteiger partial charge in [0.05, 0.1) is 17.1 Å². The van der Waals surface area contributed by atoms with Crippen LogP contribution in [0.4, 0.5) is 5.69 Å². The van der Waals surface area contributed by atoms with Crippen molar-refractivity contribution in [3.8, 4) is 5.69 Å². The van der Waals surface area contributed by atoms with Gasteiger partial charge in [0, 0.05) is 22.8 Å². The van der Waals surface area contributed by atoms with Crippen molar-refractivity contribution in [1.29, 1.82) is 0 Å². The highest BCUT2D eigenvalue weighted by Crippen LogP contribution is 2.33. The van der Waals surface area contributed by atoms with E-state index >= 15 is 0 Å². The minimum absolute atomic E-state index is 0.782. The van der Waals surface area contributed by atoms with Gasteiger partial charge in [0.1, 0.15) is 0 Å². The van der Waals surface area contributed by atoms with Gasteiger partial charge in [-0.3, -0.25) is 0 Å². The maximum absolute atomic E-state index is 5.80. The third-order valence-electron chi connectivity index (χ3n) is 2.89. The number of nitrogens with two attached hydrogens (primary N) is 1. The Hall–Kier alpha value is -1.42. The van der Waals surface area contributed by atoms with E-state index in [4.69, 9.17) is 5.73 Å². The summed E-state index contributed by atoms with van der Waals surface area (Å²) in [5.41, 5.74) is 11.5.